The van der Waals surface area contributed by atoms with E-state index in [-0.39, 0.29) is 0 Å². The molecule has 0 amide bonds. The summed E-state index contributed by atoms with van der Waals surface area (Å²) in [6.45, 7) is 1.92. The molecule has 94 valence electrons. The van der Waals surface area contributed by atoms with Crippen LogP contribution in [0.2, 0.25) is 0 Å². The second kappa shape index (κ2) is 5.59. The van der Waals surface area contributed by atoms with Crippen molar-refractivity contribution >= 4 is 17.0 Å². The molecule has 1 heterocycles. The van der Waals surface area contributed by atoms with Gasteiger partial charge in [0.25, 0.3) is 0 Å². The van der Waals surface area contributed by atoms with Gasteiger partial charge in [0.05, 0.1) is 16.1 Å². The van der Waals surface area contributed by atoms with Crippen LogP contribution in [0.5, 0.6) is 5.75 Å². The smallest absolute Gasteiger partial charge is 0.131 e. The van der Waals surface area contributed by atoms with Crippen molar-refractivity contribution in [3.63, 3.8) is 0 Å². The number of thiazole rings is 1. The highest BCUT2D eigenvalue weighted by molar-refractivity contribution is 7.09. The number of benzene rings is 1. The van der Waals surface area contributed by atoms with Gasteiger partial charge in [-0.25, -0.2) is 4.39 Å². The van der Waals surface area contributed by atoms with Crippen LogP contribution < -0.4 is 4.74 Å². The number of hydrogen-bond acceptors (Lipinski definition) is 5. The Hall–Kier alpha value is -1.95. The van der Waals surface area contributed by atoms with Crippen molar-refractivity contribution in [3.05, 3.63) is 46.2 Å². The van der Waals surface area contributed by atoms with E-state index in [1.54, 1.807) is 18.6 Å². The third kappa shape index (κ3) is 2.84. The molecule has 0 unspecified atom stereocenters. The van der Waals surface area contributed by atoms with E-state index in [2.05, 4.69) is 10.1 Å². The van der Waals surface area contributed by atoms with Gasteiger partial charge in [0, 0.05) is 17.8 Å². The van der Waals surface area contributed by atoms with Gasteiger partial charge in [0.15, 0.2) is 0 Å². The monoisotopic (exact) mass is 266 g/mol. The summed E-state index contributed by atoms with van der Waals surface area (Å²) in [6, 6.07) is 4.08. The summed E-state index contributed by atoms with van der Waals surface area (Å²) in [7, 11) is 0. The van der Waals surface area contributed by atoms with Crippen LogP contribution in [0.1, 0.15) is 17.4 Å². The summed E-state index contributed by atoms with van der Waals surface area (Å²) in [5, 5.41) is 11.9. The van der Waals surface area contributed by atoms with Gasteiger partial charge in [-0.15, -0.1) is 11.3 Å². The minimum Gasteiger partial charge on any atom is -0.487 e. The molecule has 0 saturated carbocycles. The van der Waals surface area contributed by atoms with Crippen molar-refractivity contribution in [2.75, 3.05) is 0 Å². The Morgan fingerprint density at radius 3 is 3.06 bits per heavy atom. The van der Waals surface area contributed by atoms with Gasteiger partial charge in [-0.3, -0.25) is 4.98 Å². The molecule has 0 spiro atoms. The van der Waals surface area contributed by atoms with Crippen LogP contribution in [0.25, 0.3) is 0 Å². The summed E-state index contributed by atoms with van der Waals surface area (Å²) in [5.41, 5.74) is 2.63. The standard InChI is InChI=1S/C12H11FN2O2S/c1-8(15-16)11-3-2-9(13)4-12(11)17-6-10-5-14-7-18-10/h2-5,7,16H,6H2,1H3/b15-8-. The van der Waals surface area contributed by atoms with Gasteiger partial charge in [-0.1, -0.05) is 5.16 Å². The number of oxime groups is 1. The van der Waals surface area contributed by atoms with Crippen molar-refractivity contribution in [1.82, 2.24) is 4.98 Å². The zero-order valence-electron chi connectivity index (χ0n) is 9.63. The summed E-state index contributed by atoms with van der Waals surface area (Å²) in [6.07, 6.45) is 1.69. The van der Waals surface area contributed by atoms with Gasteiger partial charge in [-0.2, -0.15) is 0 Å². The van der Waals surface area contributed by atoms with E-state index in [0.29, 0.717) is 23.6 Å². The number of nitrogens with zero attached hydrogens (tertiary/aromatic N) is 2. The molecule has 0 atom stereocenters. The van der Waals surface area contributed by atoms with E-state index in [4.69, 9.17) is 9.94 Å². The van der Waals surface area contributed by atoms with Gasteiger partial charge >= 0.3 is 0 Å². The van der Waals surface area contributed by atoms with E-state index < -0.39 is 5.82 Å². The molecule has 6 heteroatoms. The van der Waals surface area contributed by atoms with Crippen molar-refractivity contribution in [3.8, 4) is 5.75 Å². The lowest BCUT2D eigenvalue weighted by Gasteiger charge is -2.09. The molecule has 1 aromatic carbocycles. The topological polar surface area (TPSA) is 54.7 Å². The molecular weight excluding hydrogens is 255 g/mol. The van der Waals surface area contributed by atoms with Crippen LogP contribution >= 0.6 is 11.3 Å². The molecule has 0 fully saturated rings. The SMILES string of the molecule is C/C(=N/O)c1ccc(F)cc1OCc1cncs1. The van der Waals surface area contributed by atoms with E-state index in [1.807, 2.05) is 0 Å². The first-order chi connectivity index (χ1) is 8.70. The van der Waals surface area contributed by atoms with Crippen LogP contribution in [-0.2, 0) is 6.61 Å². The Kier molecular flexibility index (Phi) is 3.88. The number of ether oxygens (including phenoxy) is 1. The van der Waals surface area contributed by atoms with E-state index in [9.17, 15) is 4.39 Å². The molecule has 0 saturated heterocycles. The average molecular weight is 266 g/mol. The number of rotatable bonds is 4. The van der Waals surface area contributed by atoms with Crippen LogP contribution in [0.4, 0.5) is 4.39 Å². The van der Waals surface area contributed by atoms with Gasteiger partial charge < -0.3 is 9.94 Å². The maximum absolute atomic E-state index is 13.2. The second-order valence-corrected chi connectivity index (χ2v) is 4.55. The molecule has 1 aromatic heterocycles. The fourth-order valence-electron chi connectivity index (χ4n) is 1.43. The van der Waals surface area contributed by atoms with Crippen LogP contribution in [-0.4, -0.2) is 15.9 Å². The van der Waals surface area contributed by atoms with Gasteiger partial charge in [-0.05, 0) is 19.1 Å². The molecule has 2 rings (SSSR count). The van der Waals surface area contributed by atoms with Crippen LogP contribution in [0.15, 0.2) is 35.1 Å². The molecular formula is C12H11FN2O2S. The normalized spacial score (nSPS) is 11.6. The number of hydrogen-bond donors (Lipinski definition) is 1. The summed E-state index contributed by atoms with van der Waals surface area (Å²) in [5.74, 6) is -0.0532. The van der Waals surface area contributed by atoms with E-state index >= 15 is 0 Å². The molecule has 18 heavy (non-hydrogen) atoms. The second-order valence-electron chi connectivity index (χ2n) is 3.58. The van der Waals surface area contributed by atoms with Crippen LogP contribution in [0, 0.1) is 5.82 Å². The predicted octanol–water partition coefficient (Wildman–Crippen LogP) is 3.06. The first kappa shape index (κ1) is 12.5. The van der Waals surface area contributed by atoms with Crippen molar-refractivity contribution in [1.29, 1.82) is 0 Å². The fourth-order valence-corrected chi connectivity index (χ4v) is 1.94. The molecule has 0 aliphatic rings. The Balaban J connectivity index is 2.22. The highest BCUT2D eigenvalue weighted by Gasteiger charge is 2.09. The van der Waals surface area contributed by atoms with Crippen molar-refractivity contribution < 1.29 is 14.3 Å². The predicted molar refractivity (Wildman–Crippen MR) is 66.8 cm³/mol. The minimum atomic E-state index is -0.399. The maximum atomic E-state index is 13.2. The number of halogens is 1. The molecule has 1 N–H and O–H groups in total. The minimum absolute atomic E-state index is 0.305. The van der Waals surface area contributed by atoms with Gasteiger partial charge in [0.2, 0.25) is 0 Å². The molecule has 0 aliphatic heterocycles. The average Bonchev–Trinajstić information content (AvgIpc) is 2.88. The fraction of sp³-hybridized carbons (Fsp3) is 0.167. The largest absolute Gasteiger partial charge is 0.487 e. The Labute approximate surface area is 107 Å². The van der Waals surface area contributed by atoms with E-state index in [1.165, 1.54) is 29.5 Å². The van der Waals surface area contributed by atoms with Gasteiger partial charge in [0.1, 0.15) is 18.2 Å². The van der Waals surface area contributed by atoms with E-state index in [0.717, 1.165) is 4.88 Å². The molecule has 0 aliphatic carbocycles. The third-order valence-corrected chi connectivity index (χ3v) is 3.09. The zero-order chi connectivity index (χ0) is 13.0. The zero-order valence-corrected chi connectivity index (χ0v) is 10.4. The lowest BCUT2D eigenvalue weighted by atomic mass is 10.1. The van der Waals surface area contributed by atoms with Crippen LogP contribution in [0.3, 0.4) is 0 Å². The highest BCUT2D eigenvalue weighted by Crippen LogP contribution is 2.22. The molecule has 4 nitrogen and oxygen atoms in total. The number of aromatic nitrogens is 1. The summed E-state index contributed by atoms with van der Waals surface area (Å²) in [4.78, 5) is 4.86. The Bertz CT molecular complexity index is 555. The Morgan fingerprint density at radius 2 is 2.39 bits per heavy atom. The lowest BCUT2D eigenvalue weighted by Crippen LogP contribution is -2.02. The maximum Gasteiger partial charge on any atom is 0.131 e. The molecule has 2 aromatic rings. The first-order valence-corrected chi connectivity index (χ1v) is 6.07. The first-order valence-electron chi connectivity index (χ1n) is 5.19. The highest BCUT2D eigenvalue weighted by atomic mass is 32.1. The molecule has 0 bridgehead atoms. The summed E-state index contributed by atoms with van der Waals surface area (Å²) < 4.78 is 18.7. The third-order valence-electron chi connectivity index (χ3n) is 2.34. The lowest BCUT2D eigenvalue weighted by molar-refractivity contribution is 0.304. The van der Waals surface area contributed by atoms with Crippen molar-refractivity contribution in [2.24, 2.45) is 5.16 Å². The quantitative estimate of drug-likeness (QED) is 0.525. The molecule has 0 radical (unpaired) electrons. The van der Waals surface area contributed by atoms with Crippen molar-refractivity contribution in [2.45, 2.75) is 13.5 Å². The summed E-state index contributed by atoms with van der Waals surface area (Å²) >= 11 is 1.46. The Morgan fingerprint density at radius 1 is 1.56 bits per heavy atom.